The van der Waals surface area contributed by atoms with Crippen LogP contribution in [0.1, 0.15) is 16.1 Å². The van der Waals surface area contributed by atoms with Gasteiger partial charge in [0.2, 0.25) is 5.95 Å². The van der Waals surface area contributed by atoms with Gasteiger partial charge in [0.25, 0.3) is 0 Å². The van der Waals surface area contributed by atoms with Gasteiger partial charge >= 0.3 is 12.0 Å². The lowest BCUT2D eigenvalue weighted by atomic mass is 10.2. The number of hydrogen-bond donors (Lipinski definition) is 1. The van der Waals surface area contributed by atoms with Crippen molar-refractivity contribution in [1.29, 1.82) is 0 Å². The van der Waals surface area contributed by atoms with E-state index in [1.54, 1.807) is 6.07 Å². The molecule has 23 heavy (non-hydrogen) atoms. The van der Waals surface area contributed by atoms with E-state index in [1.165, 1.54) is 20.4 Å². The molecule has 0 radical (unpaired) electrons. The predicted molar refractivity (Wildman–Crippen MR) is 81.4 cm³/mol. The van der Waals surface area contributed by atoms with Crippen LogP contribution in [-0.4, -0.2) is 35.1 Å². The van der Waals surface area contributed by atoms with Crippen molar-refractivity contribution >= 4 is 29.0 Å². The highest BCUT2D eigenvalue weighted by molar-refractivity contribution is 5.89. The summed E-state index contributed by atoms with van der Waals surface area (Å²) in [5, 5.41) is 2.83. The van der Waals surface area contributed by atoms with Crippen LogP contribution in [0.5, 0.6) is 0 Å². The Morgan fingerprint density at radius 2 is 2.09 bits per heavy atom. The smallest absolute Gasteiger partial charge is 0.357 e. The molecule has 0 saturated heterocycles. The van der Waals surface area contributed by atoms with Gasteiger partial charge in [-0.15, -0.1) is 0 Å². The molecule has 1 aromatic carbocycles. The number of benzene rings is 1. The van der Waals surface area contributed by atoms with Gasteiger partial charge in [-0.2, -0.15) is 4.98 Å². The molecule has 0 fully saturated rings. The molecule has 0 amide bonds. The molecule has 118 valence electrons. The van der Waals surface area contributed by atoms with Gasteiger partial charge in [0.05, 0.1) is 13.7 Å². The van der Waals surface area contributed by atoms with Gasteiger partial charge in [-0.1, -0.05) is 12.1 Å². The average molecular weight is 314 g/mol. The molecule has 8 heteroatoms. The van der Waals surface area contributed by atoms with Crippen LogP contribution in [0.15, 0.2) is 34.9 Å². The van der Waals surface area contributed by atoms with E-state index in [1.807, 2.05) is 18.2 Å². The summed E-state index contributed by atoms with van der Waals surface area (Å²) in [6.45, 7) is 0.202. The van der Waals surface area contributed by atoms with Crippen molar-refractivity contribution in [1.82, 2.24) is 15.0 Å². The van der Waals surface area contributed by atoms with Crippen molar-refractivity contribution in [3.63, 3.8) is 0 Å². The van der Waals surface area contributed by atoms with E-state index in [2.05, 4.69) is 20.3 Å². The summed E-state index contributed by atoms with van der Waals surface area (Å²) in [6, 6.07) is 7.58. The number of rotatable bonds is 5. The molecular formula is C15H14N4O4. The summed E-state index contributed by atoms with van der Waals surface area (Å²) in [5.74, 6) is -0.392. The molecule has 2 aromatic heterocycles. The third-order valence-corrected chi connectivity index (χ3v) is 3.06. The maximum Gasteiger partial charge on any atom is 0.357 e. The van der Waals surface area contributed by atoms with Crippen LogP contribution in [0.2, 0.25) is 0 Å². The fraction of sp³-hybridized carbons (Fsp3) is 0.200. The molecule has 0 aliphatic heterocycles. The van der Waals surface area contributed by atoms with Gasteiger partial charge in [-0.05, 0) is 12.1 Å². The lowest BCUT2D eigenvalue weighted by molar-refractivity contribution is 0.0588. The maximum atomic E-state index is 11.8. The molecule has 1 N–H and O–H groups in total. The van der Waals surface area contributed by atoms with Crippen LogP contribution in [0.25, 0.3) is 11.1 Å². The second kappa shape index (κ2) is 6.41. The molecule has 2 heterocycles. The number of oxazole rings is 1. The average Bonchev–Trinajstić information content (AvgIpc) is 2.98. The summed E-state index contributed by atoms with van der Waals surface area (Å²) >= 11 is 0. The minimum absolute atomic E-state index is 0.128. The van der Waals surface area contributed by atoms with E-state index in [4.69, 9.17) is 13.9 Å². The number of hydrogen-bond acceptors (Lipinski definition) is 8. The van der Waals surface area contributed by atoms with E-state index in [0.29, 0.717) is 16.7 Å². The van der Waals surface area contributed by atoms with Gasteiger partial charge in [0.1, 0.15) is 5.52 Å². The van der Waals surface area contributed by atoms with E-state index >= 15 is 0 Å². The Labute approximate surface area is 131 Å². The van der Waals surface area contributed by atoms with E-state index in [9.17, 15) is 4.79 Å². The van der Waals surface area contributed by atoms with E-state index < -0.39 is 5.97 Å². The number of fused-ring (bicyclic) bond motifs is 1. The first-order valence-corrected chi connectivity index (χ1v) is 6.77. The first-order chi connectivity index (χ1) is 11.2. The highest BCUT2D eigenvalue weighted by atomic mass is 16.5. The van der Waals surface area contributed by atoms with Gasteiger partial charge in [-0.25, -0.2) is 14.8 Å². The molecule has 0 unspecified atom stereocenters. The molecule has 0 bridgehead atoms. The summed E-state index contributed by atoms with van der Waals surface area (Å²) < 4.78 is 15.3. The third kappa shape index (κ3) is 3.11. The third-order valence-electron chi connectivity index (χ3n) is 3.06. The molecule has 0 atom stereocenters. The molecule has 0 saturated carbocycles. The minimum atomic E-state index is -0.569. The Balaban J connectivity index is 1.91. The first kappa shape index (κ1) is 14.9. The first-order valence-electron chi connectivity index (χ1n) is 6.77. The van der Waals surface area contributed by atoms with Gasteiger partial charge < -0.3 is 13.9 Å². The van der Waals surface area contributed by atoms with Crippen LogP contribution in [-0.2, 0) is 16.1 Å². The molecule has 3 rings (SSSR count). The fourth-order valence-electron chi connectivity index (χ4n) is 2.02. The predicted octanol–water partition coefficient (Wildman–Crippen LogP) is 2.29. The molecule has 3 aromatic rings. The number of carbonyl (C=O) groups is 1. The van der Waals surface area contributed by atoms with Crippen LogP contribution in [0.3, 0.4) is 0 Å². The Kier molecular flexibility index (Phi) is 4.15. The summed E-state index contributed by atoms with van der Waals surface area (Å²) in [6.07, 6.45) is 1.49. The number of carbonyl (C=O) groups excluding carboxylic acids is 1. The number of nitrogens with one attached hydrogen (secondary N) is 1. The lowest BCUT2D eigenvalue weighted by Gasteiger charge is -2.07. The second-order valence-electron chi connectivity index (χ2n) is 4.60. The zero-order chi connectivity index (χ0) is 16.2. The monoisotopic (exact) mass is 314 g/mol. The summed E-state index contributed by atoms with van der Waals surface area (Å²) in [4.78, 5) is 24.4. The van der Waals surface area contributed by atoms with Crippen LogP contribution in [0.4, 0.5) is 12.0 Å². The fourth-order valence-corrected chi connectivity index (χ4v) is 2.02. The Morgan fingerprint density at radius 3 is 2.83 bits per heavy atom. The summed E-state index contributed by atoms with van der Waals surface area (Å²) in [7, 11) is 2.81. The zero-order valence-corrected chi connectivity index (χ0v) is 12.6. The highest BCUT2D eigenvalue weighted by Gasteiger charge is 2.16. The van der Waals surface area contributed by atoms with Gasteiger partial charge in [0.15, 0.2) is 11.3 Å². The molecule has 8 nitrogen and oxygen atoms in total. The van der Waals surface area contributed by atoms with Crippen LogP contribution in [0, 0.1) is 0 Å². The van der Waals surface area contributed by atoms with Gasteiger partial charge in [-0.3, -0.25) is 5.32 Å². The normalized spacial score (nSPS) is 10.7. The number of ether oxygens (including phenoxy) is 2. The standard InChI is InChI=1S/C15H14N4O4/c1-21-8-9-7-16-14(18-12(9)13(20)22-2)19-15-17-10-5-3-4-6-11(10)23-15/h3-7H,8H2,1-2H3,(H,16,17,18,19). The van der Waals surface area contributed by atoms with Crippen LogP contribution >= 0.6 is 0 Å². The summed E-state index contributed by atoms with van der Waals surface area (Å²) in [5.41, 5.74) is 2.00. The van der Waals surface area contributed by atoms with Crippen molar-refractivity contribution in [2.45, 2.75) is 6.61 Å². The number of esters is 1. The van der Waals surface area contributed by atoms with Crippen molar-refractivity contribution in [2.24, 2.45) is 0 Å². The number of methoxy groups -OCH3 is 2. The number of para-hydroxylation sites is 2. The largest absolute Gasteiger partial charge is 0.464 e. The van der Waals surface area contributed by atoms with Crippen LogP contribution < -0.4 is 5.32 Å². The molecule has 0 aliphatic rings. The molecule has 0 aliphatic carbocycles. The van der Waals surface area contributed by atoms with Gasteiger partial charge in [0, 0.05) is 18.9 Å². The second-order valence-corrected chi connectivity index (χ2v) is 4.60. The van der Waals surface area contributed by atoms with Crippen molar-refractivity contribution in [3.8, 4) is 0 Å². The molecule has 0 spiro atoms. The number of anilines is 2. The maximum absolute atomic E-state index is 11.8. The van der Waals surface area contributed by atoms with Crippen molar-refractivity contribution in [3.05, 3.63) is 41.7 Å². The van der Waals surface area contributed by atoms with E-state index in [-0.39, 0.29) is 24.3 Å². The Bertz CT molecular complexity index is 813. The van der Waals surface area contributed by atoms with E-state index in [0.717, 1.165) is 0 Å². The Hall–Kier alpha value is -3.00. The lowest BCUT2D eigenvalue weighted by Crippen LogP contribution is -2.12. The van der Waals surface area contributed by atoms with Crippen molar-refractivity contribution < 1.29 is 18.7 Å². The zero-order valence-electron chi connectivity index (χ0n) is 12.6. The number of aromatic nitrogens is 3. The Morgan fingerprint density at radius 1 is 1.26 bits per heavy atom. The highest BCUT2D eigenvalue weighted by Crippen LogP contribution is 2.21. The minimum Gasteiger partial charge on any atom is -0.464 e. The SMILES string of the molecule is COCc1cnc(Nc2nc3ccccc3o2)nc1C(=O)OC. The quantitative estimate of drug-likeness (QED) is 0.716. The molecular weight excluding hydrogens is 300 g/mol. The topological polar surface area (TPSA) is 99.4 Å². The van der Waals surface area contributed by atoms with Crippen molar-refractivity contribution in [2.75, 3.05) is 19.5 Å². The number of nitrogens with zero attached hydrogens (tertiary/aromatic N) is 3.